The molecule has 0 saturated heterocycles. The summed E-state index contributed by atoms with van der Waals surface area (Å²) < 4.78 is 24.1. The summed E-state index contributed by atoms with van der Waals surface area (Å²) in [4.78, 5) is 12.3. The van der Waals surface area contributed by atoms with Gasteiger partial charge in [-0.1, -0.05) is 19.9 Å². The average molecular weight is 344 g/mol. The minimum Gasteiger partial charge on any atom is -0.486 e. The molecule has 3 rings (SSSR count). The van der Waals surface area contributed by atoms with Crippen molar-refractivity contribution in [2.45, 2.75) is 19.9 Å². The summed E-state index contributed by atoms with van der Waals surface area (Å²) >= 11 is 0. The van der Waals surface area contributed by atoms with Crippen LogP contribution in [-0.4, -0.2) is 19.2 Å². The largest absolute Gasteiger partial charge is 0.486 e. The van der Waals surface area contributed by atoms with Crippen LogP contribution in [0.5, 0.6) is 11.5 Å². The molecular weight excluding hydrogens is 323 g/mol. The molecule has 0 spiro atoms. The van der Waals surface area contributed by atoms with Gasteiger partial charge in [0.05, 0.1) is 6.04 Å². The second-order valence-corrected chi connectivity index (χ2v) is 6.23. The third kappa shape index (κ3) is 4.21. The molecule has 1 aliphatic heterocycles. The van der Waals surface area contributed by atoms with Gasteiger partial charge in [-0.3, -0.25) is 0 Å². The van der Waals surface area contributed by atoms with Crippen LogP contribution in [-0.2, 0) is 0 Å². The zero-order valence-electron chi connectivity index (χ0n) is 14.2. The van der Waals surface area contributed by atoms with Crippen molar-refractivity contribution in [3.05, 3.63) is 53.8 Å². The predicted molar refractivity (Wildman–Crippen MR) is 93.6 cm³/mol. The van der Waals surface area contributed by atoms with Gasteiger partial charge in [0.15, 0.2) is 11.5 Å². The van der Waals surface area contributed by atoms with Gasteiger partial charge in [0.1, 0.15) is 19.0 Å². The van der Waals surface area contributed by atoms with Crippen LogP contribution < -0.4 is 20.1 Å². The standard InChI is InChI=1S/C19H21FN2O3/c1-12(2)18(13-3-8-16-17(11-13)25-10-9-24-16)22-19(23)21-15-6-4-14(20)5-7-15/h3-8,11-12,18H,9-10H2,1-2H3,(H2,21,22,23)/t18-/m0/s1. The van der Waals surface area contributed by atoms with Crippen molar-refractivity contribution >= 4 is 11.7 Å². The van der Waals surface area contributed by atoms with Gasteiger partial charge in [-0.2, -0.15) is 0 Å². The molecule has 0 unspecified atom stereocenters. The topological polar surface area (TPSA) is 59.6 Å². The van der Waals surface area contributed by atoms with E-state index in [0.717, 1.165) is 5.56 Å². The van der Waals surface area contributed by atoms with Crippen molar-refractivity contribution in [1.29, 1.82) is 0 Å². The van der Waals surface area contributed by atoms with E-state index in [0.29, 0.717) is 30.4 Å². The number of anilines is 1. The van der Waals surface area contributed by atoms with E-state index < -0.39 is 0 Å². The van der Waals surface area contributed by atoms with Gasteiger partial charge in [0.25, 0.3) is 0 Å². The Morgan fingerprint density at radius 3 is 2.40 bits per heavy atom. The van der Waals surface area contributed by atoms with Gasteiger partial charge in [-0.05, 0) is 47.9 Å². The average Bonchev–Trinajstić information content (AvgIpc) is 2.61. The number of fused-ring (bicyclic) bond motifs is 1. The monoisotopic (exact) mass is 344 g/mol. The quantitative estimate of drug-likeness (QED) is 0.877. The first-order valence-electron chi connectivity index (χ1n) is 8.25. The number of benzene rings is 2. The highest BCUT2D eigenvalue weighted by Gasteiger charge is 2.21. The highest BCUT2D eigenvalue weighted by atomic mass is 19.1. The van der Waals surface area contributed by atoms with E-state index in [4.69, 9.17) is 9.47 Å². The number of rotatable bonds is 4. The van der Waals surface area contributed by atoms with Gasteiger partial charge in [0, 0.05) is 5.69 Å². The molecular formula is C19H21FN2O3. The van der Waals surface area contributed by atoms with Crippen molar-refractivity contribution in [2.75, 3.05) is 18.5 Å². The van der Waals surface area contributed by atoms with E-state index in [1.165, 1.54) is 24.3 Å². The van der Waals surface area contributed by atoms with Crippen molar-refractivity contribution in [2.24, 2.45) is 5.92 Å². The number of hydrogen-bond acceptors (Lipinski definition) is 3. The van der Waals surface area contributed by atoms with Crippen molar-refractivity contribution in [3.8, 4) is 11.5 Å². The van der Waals surface area contributed by atoms with E-state index >= 15 is 0 Å². The molecule has 0 fully saturated rings. The molecule has 0 saturated carbocycles. The molecule has 0 aromatic heterocycles. The number of carbonyl (C=O) groups excluding carboxylic acids is 1. The number of halogens is 1. The second-order valence-electron chi connectivity index (χ2n) is 6.23. The molecule has 2 aromatic rings. The maximum Gasteiger partial charge on any atom is 0.319 e. The van der Waals surface area contributed by atoms with Crippen molar-refractivity contribution in [1.82, 2.24) is 5.32 Å². The lowest BCUT2D eigenvalue weighted by Gasteiger charge is -2.25. The zero-order chi connectivity index (χ0) is 17.8. The van der Waals surface area contributed by atoms with Gasteiger partial charge >= 0.3 is 6.03 Å². The van der Waals surface area contributed by atoms with Gasteiger partial charge in [-0.15, -0.1) is 0 Å². The Kier molecular flexibility index (Phi) is 5.07. The van der Waals surface area contributed by atoms with E-state index in [1.54, 1.807) is 0 Å². The van der Waals surface area contributed by atoms with Crippen LogP contribution in [0.3, 0.4) is 0 Å². The Labute approximate surface area is 146 Å². The molecule has 1 aliphatic rings. The highest BCUT2D eigenvalue weighted by molar-refractivity contribution is 5.89. The normalized spacial score (nSPS) is 14.1. The predicted octanol–water partition coefficient (Wildman–Crippen LogP) is 4.12. The minimum absolute atomic E-state index is 0.168. The SMILES string of the molecule is CC(C)[C@H](NC(=O)Nc1ccc(F)cc1)c1ccc2c(c1)OCCO2. The number of amides is 2. The summed E-state index contributed by atoms with van der Waals surface area (Å²) in [6.45, 7) is 5.11. The summed E-state index contributed by atoms with van der Waals surface area (Å²) in [5.74, 6) is 1.23. The van der Waals surface area contributed by atoms with E-state index in [1.807, 2.05) is 32.0 Å². The molecule has 132 valence electrons. The maximum absolute atomic E-state index is 12.9. The fraction of sp³-hybridized carbons (Fsp3) is 0.316. The molecule has 6 heteroatoms. The number of urea groups is 1. The van der Waals surface area contributed by atoms with Crippen LogP contribution in [0, 0.1) is 11.7 Å². The molecule has 2 N–H and O–H groups in total. The number of nitrogens with one attached hydrogen (secondary N) is 2. The van der Waals surface area contributed by atoms with E-state index in [-0.39, 0.29) is 23.8 Å². The first-order chi connectivity index (χ1) is 12.0. The summed E-state index contributed by atoms with van der Waals surface area (Å²) in [7, 11) is 0. The third-order valence-electron chi connectivity index (χ3n) is 3.98. The smallest absolute Gasteiger partial charge is 0.319 e. The molecule has 0 radical (unpaired) electrons. The maximum atomic E-state index is 12.9. The molecule has 2 amide bonds. The number of hydrogen-bond donors (Lipinski definition) is 2. The third-order valence-corrected chi connectivity index (χ3v) is 3.98. The lowest BCUT2D eigenvalue weighted by molar-refractivity contribution is 0.171. The van der Waals surface area contributed by atoms with Gasteiger partial charge in [0.2, 0.25) is 0 Å². The molecule has 0 bridgehead atoms. The van der Waals surface area contributed by atoms with Crippen LogP contribution in [0.2, 0.25) is 0 Å². The Morgan fingerprint density at radius 2 is 1.72 bits per heavy atom. The van der Waals surface area contributed by atoms with E-state index in [2.05, 4.69) is 10.6 Å². The second kappa shape index (κ2) is 7.42. The highest BCUT2D eigenvalue weighted by Crippen LogP contribution is 2.34. The summed E-state index contributed by atoms with van der Waals surface area (Å²) in [6, 6.07) is 10.8. The van der Waals surface area contributed by atoms with Crippen molar-refractivity contribution in [3.63, 3.8) is 0 Å². The summed E-state index contributed by atoms with van der Waals surface area (Å²) in [5.41, 5.74) is 1.47. The molecule has 1 atom stereocenters. The van der Waals surface area contributed by atoms with Gasteiger partial charge in [-0.25, -0.2) is 9.18 Å². The van der Waals surface area contributed by atoms with Crippen molar-refractivity contribution < 1.29 is 18.7 Å². The van der Waals surface area contributed by atoms with Crippen LogP contribution in [0.15, 0.2) is 42.5 Å². The summed E-state index contributed by atoms with van der Waals surface area (Å²) in [6.07, 6.45) is 0. The molecule has 5 nitrogen and oxygen atoms in total. The van der Waals surface area contributed by atoms with E-state index in [9.17, 15) is 9.18 Å². The lowest BCUT2D eigenvalue weighted by atomic mass is 9.95. The minimum atomic E-state index is -0.347. The molecule has 25 heavy (non-hydrogen) atoms. The zero-order valence-corrected chi connectivity index (χ0v) is 14.2. The Hall–Kier alpha value is -2.76. The molecule has 0 aliphatic carbocycles. The van der Waals surface area contributed by atoms with Crippen LogP contribution in [0.1, 0.15) is 25.5 Å². The van der Waals surface area contributed by atoms with Crippen LogP contribution in [0.25, 0.3) is 0 Å². The van der Waals surface area contributed by atoms with Gasteiger partial charge < -0.3 is 20.1 Å². The summed E-state index contributed by atoms with van der Waals surface area (Å²) in [5, 5.41) is 5.68. The molecule has 2 aromatic carbocycles. The Balaban J connectivity index is 1.72. The molecule has 1 heterocycles. The number of carbonyl (C=O) groups is 1. The lowest BCUT2D eigenvalue weighted by Crippen LogP contribution is -2.35. The fourth-order valence-electron chi connectivity index (χ4n) is 2.73. The van der Waals surface area contributed by atoms with Crippen LogP contribution >= 0.6 is 0 Å². The number of ether oxygens (including phenoxy) is 2. The fourth-order valence-corrected chi connectivity index (χ4v) is 2.73. The van der Waals surface area contributed by atoms with Crippen LogP contribution in [0.4, 0.5) is 14.9 Å². The first-order valence-corrected chi connectivity index (χ1v) is 8.25. The Morgan fingerprint density at radius 1 is 1.04 bits per heavy atom. The Bertz CT molecular complexity index is 747. The first kappa shape index (κ1) is 17.1.